The molecule has 1 N–H and O–H groups in total. The zero-order valence-corrected chi connectivity index (χ0v) is 11.3. The third kappa shape index (κ3) is 3.79. The largest absolute Gasteiger partial charge is 0.481 e. The lowest BCUT2D eigenvalue weighted by atomic mass is 10.1. The van der Waals surface area contributed by atoms with Gasteiger partial charge in [0.15, 0.2) is 0 Å². The molecule has 0 bridgehead atoms. The Bertz CT molecular complexity index is 696. The molecule has 0 radical (unpaired) electrons. The van der Waals surface area contributed by atoms with Crippen molar-refractivity contribution in [1.82, 2.24) is 0 Å². The molecule has 0 unspecified atom stereocenters. The number of carbonyl (C=O) groups is 1. The van der Waals surface area contributed by atoms with E-state index in [0.717, 1.165) is 0 Å². The Balaban J connectivity index is 2.20. The molecule has 0 aromatic heterocycles. The topological polar surface area (TPSA) is 89.7 Å². The van der Waals surface area contributed by atoms with Gasteiger partial charge in [0.25, 0.3) is 5.69 Å². The molecule has 0 spiro atoms. The van der Waals surface area contributed by atoms with Gasteiger partial charge in [0.1, 0.15) is 11.5 Å². The Hall–Kier alpha value is -2.89. The molecule has 108 valence electrons. The fourth-order valence-corrected chi connectivity index (χ4v) is 1.93. The van der Waals surface area contributed by atoms with Crippen LogP contribution in [0.5, 0.6) is 11.5 Å². The van der Waals surface area contributed by atoms with Gasteiger partial charge in [-0.1, -0.05) is 12.1 Å². The minimum atomic E-state index is -0.918. The van der Waals surface area contributed by atoms with Gasteiger partial charge >= 0.3 is 5.97 Å². The zero-order valence-electron chi connectivity index (χ0n) is 11.3. The van der Waals surface area contributed by atoms with E-state index in [1.807, 2.05) is 0 Å². The molecule has 0 heterocycles. The second-order valence-electron chi connectivity index (χ2n) is 4.53. The van der Waals surface area contributed by atoms with Crippen LogP contribution in [0.3, 0.4) is 0 Å². The Labute approximate surface area is 120 Å². The van der Waals surface area contributed by atoms with Crippen molar-refractivity contribution in [2.24, 2.45) is 0 Å². The number of rotatable bonds is 5. The maximum atomic E-state index is 10.7. The Kier molecular flexibility index (Phi) is 4.18. The first kappa shape index (κ1) is 14.5. The predicted octanol–water partition coefficient (Wildman–Crippen LogP) is 3.32. The first-order chi connectivity index (χ1) is 9.95. The summed E-state index contributed by atoms with van der Waals surface area (Å²) in [5.74, 6) is 0.0332. The minimum Gasteiger partial charge on any atom is -0.481 e. The number of benzene rings is 2. The molecule has 21 heavy (non-hydrogen) atoms. The molecule has 6 nitrogen and oxygen atoms in total. The Morgan fingerprint density at radius 1 is 1.24 bits per heavy atom. The fraction of sp³-hybridized carbons (Fsp3) is 0.133. The SMILES string of the molecule is Cc1cc(Oc2cccc(CC(=O)O)c2)ccc1[N+](=O)[O-]. The Morgan fingerprint density at radius 3 is 2.57 bits per heavy atom. The Morgan fingerprint density at radius 2 is 1.95 bits per heavy atom. The number of hydrogen-bond donors (Lipinski definition) is 1. The van der Waals surface area contributed by atoms with E-state index in [9.17, 15) is 14.9 Å². The van der Waals surface area contributed by atoms with Gasteiger partial charge in [-0.25, -0.2) is 0 Å². The average molecular weight is 287 g/mol. The van der Waals surface area contributed by atoms with Gasteiger partial charge in [-0.3, -0.25) is 14.9 Å². The first-order valence-electron chi connectivity index (χ1n) is 6.19. The minimum absolute atomic E-state index is 0.0296. The van der Waals surface area contributed by atoms with Crippen LogP contribution in [0.4, 0.5) is 5.69 Å². The van der Waals surface area contributed by atoms with Crippen LogP contribution in [0.1, 0.15) is 11.1 Å². The van der Waals surface area contributed by atoms with E-state index in [0.29, 0.717) is 22.6 Å². The summed E-state index contributed by atoms with van der Waals surface area (Å²) >= 11 is 0. The van der Waals surface area contributed by atoms with Crippen LogP contribution >= 0.6 is 0 Å². The van der Waals surface area contributed by atoms with Crippen molar-refractivity contribution < 1.29 is 19.6 Å². The van der Waals surface area contributed by atoms with Gasteiger partial charge in [0.05, 0.1) is 11.3 Å². The van der Waals surface area contributed by atoms with Gasteiger partial charge in [0.2, 0.25) is 0 Å². The molecule has 2 aromatic carbocycles. The summed E-state index contributed by atoms with van der Waals surface area (Å²) in [4.78, 5) is 21.0. The number of nitrogens with zero attached hydrogens (tertiary/aromatic N) is 1. The van der Waals surface area contributed by atoms with Crippen LogP contribution in [0, 0.1) is 17.0 Å². The summed E-state index contributed by atoms with van der Waals surface area (Å²) in [6.07, 6.45) is -0.0868. The van der Waals surface area contributed by atoms with E-state index < -0.39 is 10.9 Å². The molecule has 2 rings (SSSR count). The van der Waals surface area contributed by atoms with Gasteiger partial charge in [-0.15, -0.1) is 0 Å². The van der Waals surface area contributed by atoms with Gasteiger partial charge in [-0.05, 0) is 36.8 Å². The standard InChI is InChI=1S/C15H13NO5/c1-10-7-13(5-6-14(10)16(19)20)21-12-4-2-3-11(8-12)9-15(17)18/h2-8H,9H2,1H3,(H,17,18). The normalized spacial score (nSPS) is 10.1. The number of aryl methyl sites for hydroxylation is 1. The maximum Gasteiger partial charge on any atom is 0.307 e. The van der Waals surface area contributed by atoms with E-state index in [-0.39, 0.29) is 12.1 Å². The molecular formula is C15H13NO5. The smallest absolute Gasteiger partial charge is 0.307 e. The summed E-state index contributed by atoms with van der Waals surface area (Å²) in [6, 6.07) is 11.2. The van der Waals surface area contributed by atoms with Gasteiger partial charge < -0.3 is 9.84 Å². The van der Waals surface area contributed by atoms with Crippen LogP contribution in [0.25, 0.3) is 0 Å². The highest BCUT2D eigenvalue weighted by atomic mass is 16.6. The van der Waals surface area contributed by atoms with Crippen molar-refractivity contribution in [2.75, 3.05) is 0 Å². The molecule has 0 saturated carbocycles. The molecule has 0 fully saturated rings. The van der Waals surface area contributed by atoms with E-state index in [1.54, 1.807) is 37.3 Å². The molecule has 0 atom stereocenters. The average Bonchev–Trinajstić information content (AvgIpc) is 2.37. The first-order valence-corrected chi connectivity index (χ1v) is 6.19. The number of nitro benzene ring substituents is 1. The third-order valence-electron chi connectivity index (χ3n) is 2.85. The summed E-state index contributed by atoms with van der Waals surface area (Å²) in [5.41, 5.74) is 1.15. The monoisotopic (exact) mass is 287 g/mol. The fourth-order valence-electron chi connectivity index (χ4n) is 1.93. The van der Waals surface area contributed by atoms with Crippen molar-refractivity contribution in [1.29, 1.82) is 0 Å². The summed E-state index contributed by atoms with van der Waals surface area (Å²) in [5, 5.41) is 19.5. The number of carboxylic acid groups (broad SMARTS) is 1. The molecule has 2 aromatic rings. The summed E-state index contributed by atoms with van der Waals surface area (Å²) < 4.78 is 5.60. The lowest BCUT2D eigenvalue weighted by Crippen LogP contribution is -1.99. The highest BCUT2D eigenvalue weighted by Gasteiger charge is 2.11. The predicted molar refractivity (Wildman–Crippen MR) is 75.7 cm³/mol. The van der Waals surface area contributed by atoms with Crippen molar-refractivity contribution in [3.63, 3.8) is 0 Å². The quantitative estimate of drug-likeness (QED) is 0.673. The van der Waals surface area contributed by atoms with E-state index in [1.165, 1.54) is 12.1 Å². The molecule has 0 aliphatic rings. The molecule has 0 saturated heterocycles. The molecule has 6 heteroatoms. The van der Waals surface area contributed by atoms with Gasteiger partial charge in [-0.2, -0.15) is 0 Å². The van der Waals surface area contributed by atoms with E-state index in [4.69, 9.17) is 9.84 Å². The lowest BCUT2D eigenvalue weighted by Gasteiger charge is -2.08. The number of aliphatic carboxylic acids is 1. The van der Waals surface area contributed by atoms with Crippen LogP contribution in [0.2, 0.25) is 0 Å². The highest BCUT2D eigenvalue weighted by Crippen LogP contribution is 2.27. The van der Waals surface area contributed by atoms with Crippen LogP contribution in [-0.2, 0) is 11.2 Å². The maximum absolute atomic E-state index is 10.7. The molecule has 0 aliphatic carbocycles. The number of ether oxygens (including phenoxy) is 1. The summed E-state index contributed by atoms with van der Waals surface area (Å²) in [7, 11) is 0. The summed E-state index contributed by atoms with van der Waals surface area (Å²) in [6.45, 7) is 1.63. The van der Waals surface area contributed by atoms with Crippen molar-refractivity contribution in [3.8, 4) is 11.5 Å². The van der Waals surface area contributed by atoms with Crippen molar-refractivity contribution in [3.05, 3.63) is 63.7 Å². The van der Waals surface area contributed by atoms with Crippen molar-refractivity contribution >= 4 is 11.7 Å². The van der Waals surface area contributed by atoms with Gasteiger partial charge in [0, 0.05) is 11.6 Å². The molecule has 0 aliphatic heterocycles. The van der Waals surface area contributed by atoms with E-state index >= 15 is 0 Å². The van der Waals surface area contributed by atoms with Crippen LogP contribution < -0.4 is 4.74 Å². The number of hydrogen-bond acceptors (Lipinski definition) is 4. The van der Waals surface area contributed by atoms with Crippen molar-refractivity contribution in [2.45, 2.75) is 13.3 Å². The second kappa shape index (κ2) is 6.04. The van der Waals surface area contributed by atoms with E-state index in [2.05, 4.69) is 0 Å². The number of carboxylic acids is 1. The van der Waals surface area contributed by atoms with Crippen LogP contribution in [-0.4, -0.2) is 16.0 Å². The van der Waals surface area contributed by atoms with Crippen LogP contribution in [0.15, 0.2) is 42.5 Å². The highest BCUT2D eigenvalue weighted by molar-refractivity contribution is 5.70. The third-order valence-corrected chi connectivity index (χ3v) is 2.85. The lowest BCUT2D eigenvalue weighted by molar-refractivity contribution is -0.385. The molecule has 0 amide bonds. The zero-order chi connectivity index (χ0) is 15.4. The number of nitro groups is 1. The molecular weight excluding hydrogens is 274 g/mol. The second-order valence-corrected chi connectivity index (χ2v) is 4.53.